The number of hydrogen-bond acceptors (Lipinski definition) is 2. The topological polar surface area (TPSA) is 20.2 Å². The van der Waals surface area contributed by atoms with Gasteiger partial charge in [-0.15, -0.1) is 0 Å². The van der Waals surface area contributed by atoms with Gasteiger partial charge in [0.2, 0.25) is 0 Å². The standard InChI is InChI=1S/C17H27N3/c1-4-18-13-15-14-20(12-11-19(5-2)6-3)17-10-8-7-9-16(15)17/h7-10,14,18H,4-6,11-13H2,1-3H3. The van der Waals surface area contributed by atoms with Crippen LogP contribution in [-0.2, 0) is 13.1 Å². The summed E-state index contributed by atoms with van der Waals surface area (Å²) in [5.74, 6) is 0. The maximum absolute atomic E-state index is 3.43. The third-order valence-electron chi connectivity index (χ3n) is 3.99. The number of nitrogens with zero attached hydrogens (tertiary/aromatic N) is 2. The second-order valence-corrected chi connectivity index (χ2v) is 5.17. The molecule has 3 nitrogen and oxygen atoms in total. The van der Waals surface area contributed by atoms with Gasteiger partial charge in [0.05, 0.1) is 0 Å². The Balaban J connectivity index is 2.19. The Labute approximate surface area is 122 Å². The maximum atomic E-state index is 3.43. The number of benzene rings is 1. The Hall–Kier alpha value is -1.32. The first-order valence-corrected chi connectivity index (χ1v) is 7.79. The number of rotatable bonds is 8. The molecule has 1 aromatic carbocycles. The zero-order valence-corrected chi connectivity index (χ0v) is 13.0. The lowest BCUT2D eigenvalue weighted by Crippen LogP contribution is -2.26. The molecular formula is C17H27N3. The predicted octanol–water partition coefficient (Wildman–Crippen LogP) is 3.09. The Morgan fingerprint density at radius 3 is 2.55 bits per heavy atom. The fourth-order valence-electron chi connectivity index (χ4n) is 2.70. The van der Waals surface area contributed by atoms with Crippen molar-refractivity contribution in [3.05, 3.63) is 36.0 Å². The maximum Gasteiger partial charge on any atom is 0.0484 e. The molecule has 0 aliphatic heterocycles. The molecule has 20 heavy (non-hydrogen) atoms. The molecule has 1 aromatic heterocycles. The Morgan fingerprint density at radius 2 is 1.85 bits per heavy atom. The van der Waals surface area contributed by atoms with Crippen molar-refractivity contribution in [1.82, 2.24) is 14.8 Å². The van der Waals surface area contributed by atoms with Gasteiger partial charge in [0, 0.05) is 36.7 Å². The molecule has 0 radical (unpaired) electrons. The lowest BCUT2D eigenvalue weighted by atomic mass is 10.2. The first-order valence-electron chi connectivity index (χ1n) is 7.79. The summed E-state index contributed by atoms with van der Waals surface area (Å²) in [5.41, 5.74) is 2.76. The van der Waals surface area contributed by atoms with Crippen LogP contribution in [0.3, 0.4) is 0 Å². The van der Waals surface area contributed by atoms with Crippen LogP contribution < -0.4 is 5.32 Å². The van der Waals surface area contributed by atoms with Gasteiger partial charge < -0.3 is 14.8 Å². The van der Waals surface area contributed by atoms with Crippen molar-refractivity contribution in [2.75, 3.05) is 26.2 Å². The molecule has 2 aromatic rings. The smallest absolute Gasteiger partial charge is 0.0484 e. The molecule has 1 N–H and O–H groups in total. The van der Waals surface area contributed by atoms with E-state index >= 15 is 0 Å². The minimum absolute atomic E-state index is 0.954. The molecule has 2 rings (SSSR count). The van der Waals surface area contributed by atoms with E-state index in [9.17, 15) is 0 Å². The molecule has 0 aliphatic carbocycles. The van der Waals surface area contributed by atoms with E-state index in [4.69, 9.17) is 0 Å². The summed E-state index contributed by atoms with van der Waals surface area (Å²) in [6.45, 7) is 13.0. The zero-order valence-electron chi connectivity index (χ0n) is 13.0. The highest BCUT2D eigenvalue weighted by Crippen LogP contribution is 2.21. The summed E-state index contributed by atoms with van der Waals surface area (Å²) in [6, 6.07) is 8.72. The molecule has 0 unspecified atom stereocenters. The molecule has 3 heteroatoms. The quantitative estimate of drug-likeness (QED) is 0.797. The molecule has 0 atom stereocenters. The summed E-state index contributed by atoms with van der Waals surface area (Å²) in [7, 11) is 0. The SMILES string of the molecule is CCNCc1cn(CCN(CC)CC)c2ccccc12. The lowest BCUT2D eigenvalue weighted by Gasteiger charge is -2.18. The molecule has 0 amide bonds. The van der Waals surface area contributed by atoms with Gasteiger partial charge in [-0.05, 0) is 31.3 Å². The minimum atomic E-state index is 0.954. The molecule has 0 bridgehead atoms. The van der Waals surface area contributed by atoms with E-state index < -0.39 is 0 Å². The molecule has 0 fully saturated rings. The van der Waals surface area contributed by atoms with Gasteiger partial charge >= 0.3 is 0 Å². The molecule has 1 heterocycles. The van der Waals surface area contributed by atoms with E-state index in [1.165, 1.54) is 16.5 Å². The van der Waals surface area contributed by atoms with Gasteiger partial charge in [0.15, 0.2) is 0 Å². The van der Waals surface area contributed by atoms with E-state index in [0.717, 1.165) is 39.3 Å². The van der Waals surface area contributed by atoms with E-state index in [1.807, 2.05) is 0 Å². The first-order chi connectivity index (χ1) is 9.80. The van der Waals surface area contributed by atoms with Crippen LogP contribution in [0.2, 0.25) is 0 Å². The van der Waals surface area contributed by atoms with Crippen molar-refractivity contribution in [1.29, 1.82) is 0 Å². The van der Waals surface area contributed by atoms with Crippen LogP contribution in [0.25, 0.3) is 10.9 Å². The van der Waals surface area contributed by atoms with Crippen LogP contribution in [0.5, 0.6) is 0 Å². The second kappa shape index (κ2) is 7.46. The summed E-state index contributed by atoms with van der Waals surface area (Å²) in [6.07, 6.45) is 2.32. The normalized spacial score (nSPS) is 11.6. The van der Waals surface area contributed by atoms with Crippen molar-refractivity contribution in [3.8, 4) is 0 Å². The van der Waals surface area contributed by atoms with Gasteiger partial charge in [-0.1, -0.05) is 39.0 Å². The van der Waals surface area contributed by atoms with Crippen LogP contribution in [0.1, 0.15) is 26.3 Å². The summed E-state index contributed by atoms with van der Waals surface area (Å²) >= 11 is 0. The number of para-hydroxylation sites is 1. The average Bonchev–Trinajstić information content (AvgIpc) is 2.85. The number of hydrogen-bond donors (Lipinski definition) is 1. The molecule has 0 aliphatic rings. The molecule has 0 saturated heterocycles. The van der Waals surface area contributed by atoms with Gasteiger partial charge in [-0.25, -0.2) is 0 Å². The van der Waals surface area contributed by atoms with Crippen molar-refractivity contribution in [2.45, 2.75) is 33.9 Å². The van der Waals surface area contributed by atoms with Gasteiger partial charge in [-0.3, -0.25) is 0 Å². The number of nitrogens with one attached hydrogen (secondary N) is 1. The molecule has 0 saturated carbocycles. The number of aromatic nitrogens is 1. The third-order valence-corrected chi connectivity index (χ3v) is 3.99. The van der Waals surface area contributed by atoms with Crippen molar-refractivity contribution >= 4 is 10.9 Å². The highest BCUT2D eigenvalue weighted by Gasteiger charge is 2.08. The molecular weight excluding hydrogens is 246 g/mol. The third kappa shape index (κ3) is 3.41. The van der Waals surface area contributed by atoms with Crippen molar-refractivity contribution in [2.24, 2.45) is 0 Å². The van der Waals surface area contributed by atoms with Gasteiger partial charge in [-0.2, -0.15) is 0 Å². The highest BCUT2D eigenvalue weighted by atomic mass is 15.1. The first kappa shape index (κ1) is 15.1. The van der Waals surface area contributed by atoms with Crippen LogP contribution in [0.15, 0.2) is 30.5 Å². The second-order valence-electron chi connectivity index (χ2n) is 5.17. The summed E-state index contributed by atoms with van der Waals surface area (Å²) in [4.78, 5) is 2.47. The lowest BCUT2D eigenvalue weighted by molar-refractivity contribution is 0.292. The van der Waals surface area contributed by atoms with Crippen LogP contribution in [-0.4, -0.2) is 35.6 Å². The Morgan fingerprint density at radius 1 is 1.10 bits per heavy atom. The van der Waals surface area contributed by atoms with Gasteiger partial charge in [0.1, 0.15) is 0 Å². The number of fused-ring (bicyclic) bond motifs is 1. The van der Waals surface area contributed by atoms with Crippen LogP contribution in [0, 0.1) is 0 Å². The largest absolute Gasteiger partial charge is 0.346 e. The van der Waals surface area contributed by atoms with E-state index in [2.05, 4.69) is 66.0 Å². The van der Waals surface area contributed by atoms with Crippen LogP contribution >= 0.6 is 0 Å². The van der Waals surface area contributed by atoms with E-state index in [0.29, 0.717) is 0 Å². The molecule has 110 valence electrons. The fourth-order valence-corrected chi connectivity index (χ4v) is 2.70. The van der Waals surface area contributed by atoms with E-state index in [1.54, 1.807) is 0 Å². The minimum Gasteiger partial charge on any atom is -0.346 e. The predicted molar refractivity (Wildman–Crippen MR) is 87.1 cm³/mol. The number of likely N-dealkylation sites (N-methyl/N-ethyl adjacent to an activating group) is 1. The zero-order chi connectivity index (χ0) is 14.4. The Bertz CT molecular complexity index is 526. The fraction of sp³-hybridized carbons (Fsp3) is 0.529. The summed E-state index contributed by atoms with van der Waals surface area (Å²) < 4.78 is 2.40. The summed E-state index contributed by atoms with van der Waals surface area (Å²) in [5, 5.41) is 4.82. The monoisotopic (exact) mass is 273 g/mol. The van der Waals surface area contributed by atoms with Crippen molar-refractivity contribution < 1.29 is 0 Å². The molecule has 0 spiro atoms. The van der Waals surface area contributed by atoms with E-state index in [-0.39, 0.29) is 0 Å². The Kier molecular flexibility index (Phi) is 5.62. The van der Waals surface area contributed by atoms with Gasteiger partial charge in [0.25, 0.3) is 0 Å². The van der Waals surface area contributed by atoms with Crippen molar-refractivity contribution in [3.63, 3.8) is 0 Å². The van der Waals surface area contributed by atoms with Crippen LogP contribution in [0.4, 0.5) is 0 Å². The highest BCUT2D eigenvalue weighted by molar-refractivity contribution is 5.83. The average molecular weight is 273 g/mol.